The van der Waals surface area contributed by atoms with E-state index in [-0.39, 0.29) is 23.1 Å². The first-order valence-electron chi connectivity index (χ1n) is 8.33. The first-order valence-corrected chi connectivity index (χ1v) is 12.0. The summed E-state index contributed by atoms with van der Waals surface area (Å²) in [6.45, 7) is 2.34. The molecule has 0 aromatic carbocycles. The van der Waals surface area contributed by atoms with Crippen molar-refractivity contribution < 1.29 is 32.8 Å². The van der Waals surface area contributed by atoms with Crippen LogP contribution < -0.4 is 5.32 Å². The zero-order valence-corrected chi connectivity index (χ0v) is 17.4. The van der Waals surface area contributed by atoms with Crippen LogP contribution in [0.25, 0.3) is 0 Å². The number of imide groups is 1. The Labute approximate surface area is 171 Å². The Balaban J connectivity index is 1.49. The molecule has 2 unspecified atom stereocenters. The van der Waals surface area contributed by atoms with Crippen LogP contribution in [0.3, 0.4) is 0 Å². The molecular weight excluding hydrogens is 432 g/mol. The van der Waals surface area contributed by atoms with E-state index < -0.39 is 40.5 Å². The minimum Gasteiger partial charge on any atom is -0.772 e. The highest BCUT2D eigenvalue weighted by Crippen LogP contribution is 2.31. The van der Waals surface area contributed by atoms with E-state index in [0.29, 0.717) is 30.9 Å². The average molecular weight is 452 g/mol. The summed E-state index contributed by atoms with van der Waals surface area (Å²) in [5.41, 5.74) is -0.381. The summed E-state index contributed by atoms with van der Waals surface area (Å²) in [5, 5.41) is 9.16. The van der Waals surface area contributed by atoms with Crippen molar-refractivity contribution in [2.24, 2.45) is 10.2 Å². The zero-order chi connectivity index (χ0) is 20.7. The van der Waals surface area contributed by atoms with Crippen molar-refractivity contribution in [1.29, 1.82) is 0 Å². The third-order valence-electron chi connectivity index (χ3n) is 3.74. The summed E-state index contributed by atoms with van der Waals surface area (Å²) in [5.74, 6) is -1.77. The van der Waals surface area contributed by atoms with Gasteiger partial charge in [-0.25, -0.2) is 4.79 Å². The number of carbonyl (C=O) groups excluding carboxylic acids is 4. The minimum atomic E-state index is -2.74. The van der Waals surface area contributed by atoms with Crippen LogP contribution in [-0.2, 0) is 35.1 Å². The summed E-state index contributed by atoms with van der Waals surface area (Å²) in [6.07, 6.45) is 0.372. The fraction of sp³-hybridized carbons (Fsp3) is 0.714. The molecule has 0 saturated carbocycles. The third kappa shape index (κ3) is 7.14. The van der Waals surface area contributed by atoms with Crippen molar-refractivity contribution in [2.45, 2.75) is 43.5 Å². The molecule has 28 heavy (non-hydrogen) atoms. The van der Waals surface area contributed by atoms with Gasteiger partial charge in [0.05, 0.1) is 12.8 Å². The van der Waals surface area contributed by atoms with Gasteiger partial charge in [0.25, 0.3) is 11.8 Å². The summed E-state index contributed by atoms with van der Waals surface area (Å²) in [7, 11) is 2.82. The Hall–Kier alpha value is -1.51. The first kappa shape index (κ1) is 22.8. The van der Waals surface area contributed by atoms with Crippen LogP contribution in [0.4, 0.5) is 0 Å². The van der Waals surface area contributed by atoms with Gasteiger partial charge in [-0.1, -0.05) is 21.6 Å². The summed E-state index contributed by atoms with van der Waals surface area (Å²) < 4.78 is 21.7. The van der Waals surface area contributed by atoms with Crippen LogP contribution in [0, 0.1) is 0 Å². The van der Waals surface area contributed by atoms with E-state index in [1.807, 2.05) is 6.92 Å². The maximum Gasteiger partial charge on any atom is 0.334 e. The molecule has 1 saturated heterocycles. The lowest BCUT2D eigenvalue weighted by molar-refractivity contribution is -0.197. The van der Waals surface area contributed by atoms with Gasteiger partial charge < -0.3 is 14.7 Å². The second-order valence-corrected chi connectivity index (χ2v) is 9.90. The molecule has 156 valence electrons. The van der Waals surface area contributed by atoms with Gasteiger partial charge in [-0.3, -0.25) is 18.6 Å². The standard InChI is InChI=1S/C14H20N4O7S3/c1-14(16-17-14)4-2-10(19)15-5-7-27-26-6-3-12(21)25-18-11(20)8-9(13(18)22)28(23)24/h9H,2-8H2,1H3,(H,15,19)(H,23,24)/p-1. The molecule has 1 fully saturated rings. The number of hydroxylamine groups is 2. The van der Waals surface area contributed by atoms with E-state index in [4.69, 9.17) is 0 Å². The van der Waals surface area contributed by atoms with Crippen molar-refractivity contribution in [2.75, 3.05) is 18.1 Å². The number of carbonyl (C=O) groups is 4. The topological polar surface area (TPSA) is 158 Å². The molecule has 3 amide bonds. The van der Waals surface area contributed by atoms with Gasteiger partial charge >= 0.3 is 5.97 Å². The van der Waals surface area contributed by atoms with Gasteiger partial charge in [0.2, 0.25) is 5.91 Å². The highest BCUT2D eigenvalue weighted by molar-refractivity contribution is 8.76. The van der Waals surface area contributed by atoms with E-state index in [1.54, 1.807) is 0 Å². The molecule has 0 radical (unpaired) electrons. The van der Waals surface area contributed by atoms with Crippen LogP contribution in [0.5, 0.6) is 0 Å². The Morgan fingerprint density at radius 1 is 1.32 bits per heavy atom. The lowest BCUT2D eigenvalue weighted by Crippen LogP contribution is -2.35. The van der Waals surface area contributed by atoms with Crippen LogP contribution in [0.15, 0.2) is 10.2 Å². The fourth-order valence-electron chi connectivity index (χ4n) is 2.08. The average Bonchev–Trinajstić information content (AvgIpc) is 3.31. The number of nitrogens with one attached hydrogen (secondary N) is 1. The SMILES string of the molecule is CC1(CCC(=O)NCCSSCCC(=O)ON2C(=O)CC(S(=O)[O-])C2=O)N=N1. The van der Waals surface area contributed by atoms with E-state index in [1.165, 1.54) is 21.6 Å². The van der Waals surface area contributed by atoms with Crippen LogP contribution in [0.1, 0.15) is 32.6 Å². The molecule has 0 aliphatic carbocycles. The molecule has 0 spiro atoms. The monoisotopic (exact) mass is 451 g/mol. The molecule has 1 N–H and O–H groups in total. The maximum absolute atomic E-state index is 11.7. The Morgan fingerprint density at radius 2 is 2.00 bits per heavy atom. The van der Waals surface area contributed by atoms with Crippen LogP contribution in [-0.4, -0.2) is 66.5 Å². The summed E-state index contributed by atoms with van der Waals surface area (Å²) in [6, 6.07) is 0. The lowest BCUT2D eigenvalue weighted by atomic mass is 10.1. The number of hydrogen-bond donors (Lipinski definition) is 1. The molecule has 2 aliphatic heterocycles. The number of amides is 3. The molecule has 2 heterocycles. The lowest BCUT2D eigenvalue weighted by Gasteiger charge is -2.14. The second kappa shape index (κ2) is 10.3. The molecule has 0 aromatic heterocycles. The molecule has 0 bridgehead atoms. The van der Waals surface area contributed by atoms with Crippen molar-refractivity contribution in [1.82, 2.24) is 10.4 Å². The summed E-state index contributed by atoms with van der Waals surface area (Å²) >= 11 is -2.74. The van der Waals surface area contributed by atoms with Gasteiger partial charge in [-0.2, -0.15) is 10.2 Å². The zero-order valence-electron chi connectivity index (χ0n) is 15.0. The number of hydrogen-bond acceptors (Lipinski definition) is 11. The molecule has 2 atom stereocenters. The van der Waals surface area contributed by atoms with Crippen molar-refractivity contribution in [3.63, 3.8) is 0 Å². The van der Waals surface area contributed by atoms with Gasteiger partial charge in [-0.15, -0.1) is 5.06 Å². The molecule has 11 nitrogen and oxygen atoms in total. The largest absolute Gasteiger partial charge is 0.772 e. The van der Waals surface area contributed by atoms with Crippen LogP contribution in [0.2, 0.25) is 0 Å². The van der Waals surface area contributed by atoms with Crippen molar-refractivity contribution >= 4 is 56.4 Å². The fourth-order valence-corrected chi connectivity index (χ4v) is 4.49. The van der Waals surface area contributed by atoms with Gasteiger partial charge in [-0.05, 0) is 18.0 Å². The van der Waals surface area contributed by atoms with Gasteiger partial charge in [0.15, 0.2) is 5.66 Å². The molecule has 14 heteroatoms. The Bertz CT molecular complexity index is 696. The van der Waals surface area contributed by atoms with Gasteiger partial charge in [0.1, 0.15) is 5.25 Å². The van der Waals surface area contributed by atoms with Crippen molar-refractivity contribution in [3.8, 4) is 0 Å². The van der Waals surface area contributed by atoms with Gasteiger partial charge in [0, 0.05) is 30.9 Å². The van der Waals surface area contributed by atoms with Crippen LogP contribution >= 0.6 is 21.6 Å². The molecule has 2 aliphatic rings. The van der Waals surface area contributed by atoms with E-state index in [2.05, 4.69) is 20.4 Å². The maximum atomic E-state index is 11.7. The molecular formula is C14H19N4O7S3-. The molecule has 0 aromatic rings. The Morgan fingerprint density at radius 3 is 2.61 bits per heavy atom. The summed E-state index contributed by atoms with van der Waals surface area (Å²) in [4.78, 5) is 51.2. The predicted molar refractivity (Wildman–Crippen MR) is 100 cm³/mol. The normalized spacial score (nSPS) is 20.9. The third-order valence-corrected chi connectivity index (χ3v) is 6.98. The number of nitrogens with zero attached hydrogens (tertiary/aromatic N) is 3. The van der Waals surface area contributed by atoms with E-state index in [9.17, 15) is 27.9 Å². The molecule has 2 rings (SSSR count). The Kier molecular flexibility index (Phi) is 8.39. The first-order chi connectivity index (χ1) is 13.2. The highest BCUT2D eigenvalue weighted by Gasteiger charge is 2.42. The minimum absolute atomic E-state index is 0.0577. The second-order valence-electron chi connectivity index (χ2n) is 6.10. The predicted octanol–water partition coefficient (Wildman–Crippen LogP) is 0.301. The van der Waals surface area contributed by atoms with Crippen molar-refractivity contribution in [3.05, 3.63) is 0 Å². The number of rotatable bonds is 12. The quantitative estimate of drug-likeness (QED) is 0.191. The highest BCUT2D eigenvalue weighted by atomic mass is 33.1. The smallest absolute Gasteiger partial charge is 0.334 e. The van der Waals surface area contributed by atoms with E-state index >= 15 is 0 Å². The van der Waals surface area contributed by atoms with E-state index in [0.717, 1.165) is 0 Å².